The molecule has 19 heavy (non-hydrogen) atoms. The van der Waals surface area contributed by atoms with Crippen LogP contribution in [0.1, 0.15) is 24.5 Å². The lowest BCUT2D eigenvalue weighted by Crippen LogP contribution is -2.36. The van der Waals surface area contributed by atoms with Crippen LogP contribution < -0.4 is 4.90 Å². The van der Waals surface area contributed by atoms with Crippen molar-refractivity contribution in [2.45, 2.75) is 24.9 Å². The number of carbonyl (C=O) groups is 2. The Labute approximate surface area is 108 Å². The maximum Gasteiger partial charge on any atom is 0.416 e. The highest BCUT2D eigenvalue weighted by atomic mass is 19.4. The van der Waals surface area contributed by atoms with Crippen molar-refractivity contribution in [2.75, 3.05) is 11.9 Å². The zero-order valence-electron chi connectivity index (χ0n) is 10.4. The summed E-state index contributed by atoms with van der Waals surface area (Å²) in [4.78, 5) is 24.1. The van der Waals surface area contributed by atoms with E-state index in [1.165, 1.54) is 24.9 Å². The van der Waals surface area contributed by atoms with Crippen molar-refractivity contribution >= 4 is 17.9 Å². The number of hydrogen-bond acceptors (Lipinski definition) is 2. The molecule has 6 heteroatoms. The van der Waals surface area contributed by atoms with Gasteiger partial charge in [0.1, 0.15) is 6.29 Å². The molecule has 0 saturated carbocycles. The van der Waals surface area contributed by atoms with E-state index in [9.17, 15) is 22.8 Å². The van der Waals surface area contributed by atoms with Crippen LogP contribution >= 0.6 is 0 Å². The van der Waals surface area contributed by atoms with Gasteiger partial charge in [0.15, 0.2) is 0 Å². The van der Waals surface area contributed by atoms with E-state index in [2.05, 4.69) is 0 Å². The minimum absolute atomic E-state index is 0.134. The van der Waals surface area contributed by atoms with Gasteiger partial charge >= 0.3 is 6.18 Å². The van der Waals surface area contributed by atoms with Gasteiger partial charge in [0.05, 0.1) is 11.0 Å². The second-order valence-corrected chi connectivity index (χ2v) is 4.80. The Bertz CT molecular complexity index is 553. The summed E-state index contributed by atoms with van der Waals surface area (Å²) in [6.07, 6.45) is -4.05. The Morgan fingerprint density at radius 1 is 1.37 bits per heavy atom. The van der Waals surface area contributed by atoms with Gasteiger partial charge in [0.2, 0.25) is 5.91 Å². The summed E-state index contributed by atoms with van der Waals surface area (Å²) in [7, 11) is 1.49. The largest absolute Gasteiger partial charge is 0.416 e. The molecule has 0 N–H and O–H groups in total. The molecule has 2 rings (SSSR count). The average molecular weight is 271 g/mol. The van der Waals surface area contributed by atoms with Crippen LogP contribution in [0.25, 0.3) is 0 Å². The topological polar surface area (TPSA) is 37.4 Å². The molecule has 0 fully saturated rings. The zero-order valence-corrected chi connectivity index (χ0v) is 10.4. The van der Waals surface area contributed by atoms with Crippen LogP contribution in [0.5, 0.6) is 0 Å². The van der Waals surface area contributed by atoms with E-state index in [1.54, 1.807) is 0 Å². The average Bonchev–Trinajstić information content (AvgIpc) is 2.51. The van der Waals surface area contributed by atoms with Crippen LogP contribution in [0.3, 0.4) is 0 Å². The molecule has 102 valence electrons. The van der Waals surface area contributed by atoms with Gasteiger partial charge in [-0.1, -0.05) is 0 Å². The van der Waals surface area contributed by atoms with E-state index in [4.69, 9.17) is 0 Å². The second-order valence-electron chi connectivity index (χ2n) is 4.80. The highest BCUT2D eigenvalue weighted by Gasteiger charge is 2.47. The van der Waals surface area contributed by atoms with Crippen LogP contribution in [0.2, 0.25) is 0 Å². The number of likely N-dealkylation sites (N-methyl/N-ethyl adjacent to an activating group) is 1. The Morgan fingerprint density at radius 2 is 2.00 bits per heavy atom. The molecule has 0 spiro atoms. The number of amides is 1. The SMILES string of the molecule is CN1C(=O)C(C)(CC=O)c2cc(C(F)(F)F)ccc21. The quantitative estimate of drug-likeness (QED) is 0.775. The normalized spacial score (nSPS) is 22.6. The van der Waals surface area contributed by atoms with E-state index >= 15 is 0 Å². The molecule has 1 atom stereocenters. The van der Waals surface area contributed by atoms with Crippen molar-refractivity contribution in [3.05, 3.63) is 29.3 Å². The van der Waals surface area contributed by atoms with E-state index in [0.29, 0.717) is 12.0 Å². The Morgan fingerprint density at radius 3 is 2.53 bits per heavy atom. The number of benzene rings is 1. The molecule has 1 amide bonds. The van der Waals surface area contributed by atoms with Crippen molar-refractivity contribution < 1.29 is 22.8 Å². The van der Waals surface area contributed by atoms with E-state index < -0.39 is 17.2 Å². The highest BCUT2D eigenvalue weighted by molar-refractivity contribution is 6.08. The zero-order chi connectivity index (χ0) is 14.4. The fourth-order valence-corrected chi connectivity index (χ4v) is 2.41. The van der Waals surface area contributed by atoms with Crippen molar-refractivity contribution in [1.29, 1.82) is 0 Å². The second kappa shape index (κ2) is 4.08. The lowest BCUT2D eigenvalue weighted by atomic mass is 9.80. The molecular weight excluding hydrogens is 259 g/mol. The van der Waals surface area contributed by atoms with Gasteiger partial charge < -0.3 is 9.69 Å². The van der Waals surface area contributed by atoms with E-state index in [1.807, 2.05) is 0 Å². The fourth-order valence-electron chi connectivity index (χ4n) is 2.41. The van der Waals surface area contributed by atoms with Crippen LogP contribution in [0.15, 0.2) is 18.2 Å². The molecule has 1 unspecified atom stereocenters. The molecule has 0 aliphatic carbocycles. The Hall–Kier alpha value is -1.85. The molecule has 1 heterocycles. The first-order chi connectivity index (χ1) is 8.71. The first-order valence-corrected chi connectivity index (χ1v) is 5.65. The smallest absolute Gasteiger partial charge is 0.314 e. The lowest BCUT2D eigenvalue weighted by Gasteiger charge is -2.20. The third-order valence-electron chi connectivity index (χ3n) is 3.55. The molecule has 1 aromatic rings. The van der Waals surface area contributed by atoms with Crippen molar-refractivity contribution in [1.82, 2.24) is 0 Å². The number of fused-ring (bicyclic) bond motifs is 1. The molecule has 0 bridgehead atoms. The summed E-state index contributed by atoms with van der Waals surface area (Å²) in [5, 5.41) is 0. The summed E-state index contributed by atoms with van der Waals surface area (Å²) in [6, 6.07) is 3.17. The summed E-state index contributed by atoms with van der Waals surface area (Å²) in [5.41, 5.74) is -1.36. The maximum absolute atomic E-state index is 12.7. The number of hydrogen-bond donors (Lipinski definition) is 0. The van der Waals surface area contributed by atoms with Gasteiger partial charge in [0.25, 0.3) is 0 Å². The van der Waals surface area contributed by atoms with Gasteiger partial charge in [-0.3, -0.25) is 4.79 Å². The number of nitrogens with zero attached hydrogens (tertiary/aromatic N) is 1. The standard InChI is InChI=1S/C13H12F3NO2/c1-12(5-6-18)9-7-8(13(14,15)16)3-4-10(9)17(2)11(12)19/h3-4,6-7H,5H2,1-2H3. The molecule has 1 aliphatic rings. The first kappa shape index (κ1) is 13.6. The molecule has 3 nitrogen and oxygen atoms in total. The minimum atomic E-state index is -4.47. The lowest BCUT2D eigenvalue weighted by molar-refractivity contribution is -0.137. The number of alkyl halides is 3. The van der Waals surface area contributed by atoms with Gasteiger partial charge in [-0.2, -0.15) is 13.2 Å². The molecule has 1 aliphatic heterocycles. The van der Waals surface area contributed by atoms with E-state index in [0.717, 1.165) is 12.1 Å². The molecule has 0 saturated heterocycles. The number of rotatable bonds is 2. The van der Waals surface area contributed by atoms with Gasteiger partial charge in [-0.25, -0.2) is 0 Å². The van der Waals surface area contributed by atoms with Gasteiger partial charge in [-0.05, 0) is 30.7 Å². The third-order valence-corrected chi connectivity index (χ3v) is 3.55. The number of aldehydes is 1. The van der Waals surface area contributed by atoms with Gasteiger partial charge in [-0.15, -0.1) is 0 Å². The third kappa shape index (κ3) is 1.91. The monoisotopic (exact) mass is 271 g/mol. The van der Waals surface area contributed by atoms with E-state index in [-0.39, 0.29) is 17.9 Å². The molecule has 0 aromatic heterocycles. The predicted molar refractivity (Wildman–Crippen MR) is 62.9 cm³/mol. The van der Waals surface area contributed by atoms with Crippen molar-refractivity contribution in [3.8, 4) is 0 Å². The van der Waals surface area contributed by atoms with Crippen LogP contribution in [-0.4, -0.2) is 19.2 Å². The maximum atomic E-state index is 12.7. The first-order valence-electron chi connectivity index (χ1n) is 5.65. The molecular formula is C13H12F3NO2. The Balaban J connectivity index is 2.63. The number of halogens is 3. The highest BCUT2D eigenvalue weighted by Crippen LogP contribution is 2.45. The number of carbonyl (C=O) groups excluding carboxylic acids is 2. The summed E-state index contributed by atoms with van der Waals surface area (Å²) in [6.45, 7) is 1.49. The fraction of sp³-hybridized carbons (Fsp3) is 0.385. The van der Waals surface area contributed by atoms with Crippen molar-refractivity contribution in [2.24, 2.45) is 0 Å². The molecule has 0 radical (unpaired) electrons. The van der Waals surface area contributed by atoms with Crippen molar-refractivity contribution in [3.63, 3.8) is 0 Å². The predicted octanol–water partition coefficient (Wildman–Crippen LogP) is 2.53. The summed E-state index contributed by atoms with van der Waals surface area (Å²) in [5.74, 6) is -0.367. The van der Waals surface area contributed by atoms with Gasteiger partial charge in [0, 0.05) is 19.2 Å². The van der Waals surface area contributed by atoms with Crippen LogP contribution in [0, 0.1) is 0 Å². The number of anilines is 1. The van der Waals surface area contributed by atoms with Crippen LogP contribution in [0.4, 0.5) is 18.9 Å². The Kier molecular flexibility index (Phi) is 2.91. The summed E-state index contributed by atoms with van der Waals surface area (Å²) >= 11 is 0. The summed E-state index contributed by atoms with van der Waals surface area (Å²) < 4.78 is 38.2. The van der Waals surface area contributed by atoms with Crippen LogP contribution in [-0.2, 0) is 21.2 Å². The molecule has 1 aromatic carbocycles. The minimum Gasteiger partial charge on any atom is -0.314 e.